The van der Waals surface area contributed by atoms with Crippen LogP contribution < -0.4 is 10.2 Å². The molecule has 1 aliphatic heterocycles. The van der Waals surface area contributed by atoms with E-state index in [9.17, 15) is 5.11 Å². The third-order valence-electron chi connectivity index (χ3n) is 7.29. The number of fused-ring (bicyclic) bond motifs is 2. The summed E-state index contributed by atoms with van der Waals surface area (Å²) in [4.78, 5) is 21.6. The minimum atomic E-state index is -0.667. The molecule has 1 atom stereocenters. The summed E-state index contributed by atoms with van der Waals surface area (Å²) in [5.74, 6) is 0.101. The molecule has 4 aromatic heterocycles. The number of unbranched alkanes of at least 4 members (excludes halogenated alkanes) is 1. The van der Waals surface area contributed by atoms with Gasteiger partial charge in [0.25, 0.3) is 0 Å². The second kappa shape index (κ2) is 10.6. The van der Waals surface area contributed by atoms with E-state index >= 15 is 4.39 Å². The highest BCUT2D eigenvalue weighted by molar-refractivity contribution is 5.97. The van der Waals surface area contributed by atoms with Crippen molar-refractivity contribution >= 4 is 33.4 Å². The summed E-state index contributed by atoms with van der Waals surface area (Å²) >= 11 is 0. The Labute approximate surface area is 225 Å². The van der Waals surface area contributed by atoms with Gasteiger partial charge < -0.3 is 25.2 Å². The normalized spacial score (nSPS) is 15.3. The minimum absolute atomic E-state index is 0.304. The number of nitrogens with zero attached hydrogens (tertiary/aromatic N) is 6. The van der Waals surface area contributed by atoms with Gasteiger partial charge in [0.05, 0.1) is 17.6 Å². The highest BCUT2D eigenvalue weighted by Gasteiger charge is 2.21. The molecule has 4 N–H and O–H groups in total. The number of pyridine rings is 2. The lowest BCUT2D eigenvalue weighted by atomic mass is 10.0. The van der Waals surface area contributed by atoms with Gasteiger partial charge in [-0.2, -0.15) is 5.10 Å². The highest BCUT2D eigenvalue weighted by atomic mass is 19.1. The van der Waals surface area contributed by atoms with Crippen LogP contribution in [0.3, 0.4) is 0 Å². The summed E-state index contributed by atoms with van der Waals surface area (Å²) in [6.45, 7) is 5.87. The van der Waals surface area contributed by atoms with Crippen molar-refractivity contribution in [1.82, 2.24) is 35.0 Å². The summed E-state index contributed by atoms with van der Waals surface area (Å²) in [7, 11) is 2.13. The molecular formula is C28H32FN9O. The maximum atomic E-state index is 15.3. The maximum absolute atomic E-state index is 15.3. The molecule has 1 saturated heterocycles. The molecule has 39 heavy (non-hydrogen) atoms. The van der Waals surface area contributed by atoms with Gasteiger partial charge >= 0.3 is 0 Å². The fraction of sp³-hybridized carbons (Fsp3) is 0.357. The number of benzene rings is 1. The van der Waals surface area contributed by atoms with Crippen LogP contribution in [0, 0.1) is 5.82 Å². The molecular weight excluding hydrogens is 497 g/mol. The summed E-state index contributed by atoms with van der Waals surface area (Å²) in [6.07, 6.45) is 7.00. The first-order valence-electron chi connectivity index (χ1n) is 13.4. The van der Waals surface area contributed by atoms with Gasteiger partial charge in [-0.1, -0.05) is 13.3 Å². The van der Waals surface area contributed by atoms with Gasteiger partial charge in [0.15, 0.2) is 11.5 Å². The Morgan fingerprint density at radius 2 is 1.97 bits per heavy atom. The van der Waals surface area contributed by atoms with Crippen molar-refractivity contribution < 1.29 is 9.50 Å². The first kappa shape index (κ1) is 25.2. The number of hydrogen-bond acceptors (Lipinski definition) is 8. The second-order valence-corrected chi connectivity index (χ2v) is 10.1. The van der Waals surface area contributed by atoms with Crippen LogP contribution in [0.5, 0.6) is 0 Å². The third kappa shape index (κ3) is 5.02. The highest BCUT2D eigenvalue weighted by Crippen LogP contribution is 2.34. The molecule has 1 unspecified atom stereocenters. The molecule has 5 heterocycles. The average molecular weight is 530 g/mol. The van der Waals surface area contributed by atoms with Gasteiger partial charge in [-0.05, 0) is 49.7 Å². The lowest BCUT2D eigenvalue weighted by Gasteiger charge is -2.33. The standard InChI is InChI=1S/C28H32FN9O/c1-3-4-5-23(39)32-19-12-18(15-30-16-19)17-13-20-24(21(29)14-17)35-36-25(20)28-33-26-22(6-7-31-27(26)34-28)38-10-8-37(2)9-11-38/h6-7,12-16,23,32,39H,3-5,8-11H2,1-2H3,(H,35,36)(H,31,33,34). The van der Waals surface area contributed by atoms with Gasteiger partial charge in [-0.25, -0.2) is 14.4 Å². The molecule has 0 bridgehead atoms. The second-order valence-electron chi connectivity index (χ2n) is 10.1. The Morgan fingerprint density at radius 3 is 2.79 bits per heavy atom. The van der Waals surface area contributed by atoms with Gasteiger partial charge in [0.2, 0.25) is 0 Å². The van der Waals surface area contributed by atoms with Gasteiger partial charge in [-0.3, -0.25) is 10.1 Å². The fourth-order valence-electron chi connectivity index (χ4n) is 5.08. The van der Waals surface area contributed by atoms with Crippen LogP contribution in [0.25, 0.3) is 44.7 Å². The van der Waals surface area contributed by atoms with Crippen molar-refractivity contribution in [2.75, 3.05) is 43.4 Å². The zero-order valence-electron chi connectivity index (χ0n) is 22.1. The van der Waals surface area contributed by atoms with Gasteiger partial charge in [0.1, 0.15) is 28.8 Å². The van der Waals surface area contributed by atoms with E-state index in [0.717, 1.165) is 55.8 Å². The first-order chi connectivity index (χ1) is 19.0. The van der Waals surface area contributed by atoms with E-state index < -0.39 is 12.0 Å². The number of halogens is 1. The molecule has 0 aliphatic carbocycles. The largest absolute Gasteiger partial charge is 0.374 e. The fourth-order valence-corrected chi connectivity index (χ4v) is 5.08. The maximum Gasteiger partial charge on any atom is 0.161 e. The van der Waals surface area contributed by atoms with Crippen molar-refractivity contribution in [3.05, 3.63) is 48.7 Å². The predicted molar refractivity (Wildman–Crippen MR) is 151 cm³/mol. The van der Waals surface area contributed by atoms with E-state index in [1.54, 1.807) is 18.6 Å². The predicted octanol–water partition coefficient (Wildman–Crippen LogP) is 4.37. The zero-order valence-corrected chi connectivity index (χ0v) is 22.1. The number of piperazine rings is 1. The van der Waals surface area contributed by atoms with Crippen LogP contribution in [0.1, 0.15) is 26.2 Å². The van der Waals surface area contributed by atoms with E-state index in [4.69, 9.17) is 4.98 Å². The molecule has 0 amide bonds. The van der Waals surface area contributed by atoms with Crippen LogP contribution >= 0.6 is 0 Å². The van der Waals surface area contributed by atoms with Crippen LogP contribution in [0.4, 0.5) is 15.8 Å². The van der Waals surface area contributed by atoms with Crippen LogP contribution in [0.15, 0.2) is 42.9 Å². The van der Waals surface area contributed by atoms with Crippen LogP contribution in [-0.4, -0.2) is 79.6 Å². The molecule has 0 radical (unpaired) electrons. The molecule has 6 rings (SSSR count). The Kier molecular flexibility index (Phi) is 6.84. The number of nitrogens with one attached hydrogen (secondary N) is 3. The van der Waals surface area contributed by atoms with E-state index in [0.29, 0.717) is 45.7 Å². The smallest absolute Gasteiger partial charge is 0.161 e. The van der Waals surface area contributed by atoms with Crippen LogP contribution in [0.2, 0.25) is 0 Å². The summed E-state index contributed by atoms with van der Waals surface area (Å²) in [5, 5.41) is 21.2. The van der Waals surface area contributed by atoms with Crippen LogP contribution in [-0.2, 0) is 0 Å². The number of aromatic amines is 2. The van der Waals surface area contributed by atoms with Gasteiger partial charge in [-0.15, -0.1) is 0 Å². The molecule has 0 saturated carbocycles. The molecule has 5 aromatic rings. The zero-order chi connectivity index (χ0) is 26.9. The molecule has 11 heteroatoms. The summed E-state index contributed by atoms with van der Waals surface area (Å²) in [5.41, 5.74) is 5.33. The number of likely N-dealkylation sites (N-methyl/N-ethyl adjacent to an activating group) is 1. The lowest BCUT2D eigenvalue weighted by Crippen LogP contribution is -2.44. The van der Waals surface area contributed by atoms with Crippen molar-refractivity contribution in [1.29, 1.82) is 0 Å². The number of aromatic nitrogens is 6. The summed E-state index contributed by atoms with van der Waals surface area (Å²) in [6, 6.07) is 7.19. The van der Waals surface area contributed by atoms with E-state index in [2.05, 4.69) is 54.2 Å². The number of rotatable bonds is 8. The van der Waals surface area contributed by atoms with Crippen molar-refractivity contribution in [2.45, 2.75) is 32.4 Å². The molecule has 1 aliphatic rings. The topological polar surface area (TPSA) is 122 Å². The Morgan fingerprint density at radius 1 is 1.13 bits per heavy atom. The minimum Gasteiger partial charge on any atom is -0.374 e. The average Bonchev–Trinajstić information content (AvgIpc) is 3.57. The number of hydrogen-bond donors (Lipinski definition) is 4. The number of H-pyrrole nitrogens is 2. The monoisotopic (exact) mass is 529 g/mol. The van der Waals surface area contributed by atoms with E-state index in [1.165, 1.54) is 6.07 Å². The molecule has 202 valence electrons. The Balaban J connectivity index is 1.36. The molecule has 10 nitrogen and oxygen atoms in total. The summed E-state index contributed by atoms with van der Waals surface area (Å²) < 4.78 is 15.3. The number of aliphatic hydroxyl groups excluding tert-OH is 1. The number of aliphatic hydroxyl groups is 1. The van der Waals surface area contributed by atoms with Gasteiger partial charge in [0, 0.05) is 49.5 Å². The Bertz CT molecular complexity index is 1610. The van der Waals surface area contributed by atoms with E-state index in [1.807, 2.05) is 18.2 Å². The number of anilines is 2. The first-order valence-corrected chi connectivity index (χ1v) is 13.4. The Hall–Kier alpha value is -4.09. The third-order valence-corrected chi connectivity index (χ3v) is 7.29. The van der Waals surface area contributed by atoms with Crippen molar-refractivity contribution in [3.63, 3.8) is 0 Å². The van der Waals surface area contributed by atoms with E-state index in [-0.39, 0.29) is 0 Å². The SMILES string of the molecule is CCCCC(O)Nc1cncc(-c2cc(F)c3[nH]nc(-c4nc5c(N6CCN(C)CC6)ccnc5[nH]4)c3c2)c1. The molecule has 1 fully saturated rings. The van der Waals surface area contributed by atoms with Crippen molar-refractivity contribution in [2.24, 2.45) is 0 Å². The number of imidazole rings is 1. The quantitative estimate of drug-likeness (QED) is 0.219. The van der Waals surface area contributed by atoms with Crippen molar-refractivity contribution in [3.8, 4) is 22.6 Å². The molecule has 1 aromatic carbocycles. The molecule has 0 spiro atoms. The lowest BCUT2D eigenvalue weighted by molar-refractivity contribution is 0.190.